The summed E-state index contributed by atoms with van der Waals surface area (Å²) in [5.74, 6) is 0.523. The first kappa shape index (κ1) is 15.9. The van der Waals surface area contributed by atoms with Crippen molar-refractivity contribution in [3.05, 3.63) is 11.1 Å². The van der Waals surface area contributed by atoms with Crippen LogP contribution in [-0.2, 0) is 9.59 Å². The van der Waals surface area contributed by atoms with Crippen LogP contribution in [-0.4, -0.2) is 34.8 Å². The second-order valence-corrected chi connectivity index (χ2v) is 6.88. The highest BCUT2D eigenvalue weighted by Gasteiger charge is 2.27. The zero-order chi connectivity index (χ0) is 15.2. The van der Waals surface area contributed by atoms with E-state index in [1.54, 1.807) is 11.1 Å². The molecular weight excluding hydrogens is 286 g/mol. The number of unbranched alkanes of at least 4 members (excludes halogenated alkanes) is 1. The summed E-state index contributed by atoms with van der Waals surface area (Å²) >= 11 is 1.45. The minimum atomic E-state index is -0.158. The molecule has 0 bridgehead atoms. The fraction of sp³-hybridized carbons (Fsp3) is 0.667. The standard InChI is InChI=1S/C15H23N3O2S/c1-3-4-5-14(20)18(9-12-6-7-12)10-13(19)17-15-16-8-11(2)21-15/h8,12H,3-7,9-10H2,1-2H3,(H,16,17,19). The number of nitrogens with zero attached hydrogens (tertiary/aromatic N) is 2. The fourth-order valence-electron chi connectivity index (χ4n) is 2.10. The smallest absolute Gasteiger partial charge is 0.245 e. The number of hydrogen-bond acceptors (Lipinski definition) is 4. The third-order valence-electron chi connectivity index (χ3n) is 3.47. The minimum Gasteiger partial charge on any atom is -0.333 e. The van der Waals surface area contributed by atoms with Crippen LogP contribution in [0, 0.1) is 12.8 Å². The van der Waals surface area contributed by atoms with E-state index in [0.717, 1.165) is 17.7 Å². The van der Waals surface area contributed by atoms with Crippen molar-refractivity contribution >= 4 is 28.3 Å². The van der Waals surface area contributed by atoms with Crippen molar-refractivity contribution in [1.82, 2.24) is 9.88 Å². The van der Waals surface area contributed by atoms with E-state index in [9.17, 15) is 9.59 Å². The van der Waals surface area contributed by atoms with Crippen LogP contribution >= 0.6 is 11.3 Å². The lowest BCUT2D eigenvalue weighted by atomic mass is 10.2. The molecule has 1 saturated carbocycles. The Balaban J connectivity index is 1.87. The van der Waals surface area contributed by atoms with Gasteiger partial charge in [0.05, 0.1) is 6.54 Å². The molecule has 6 heteroatoms. The molecule has 2 rings (SSSR count). The molecule has 1 aliphatic carbocycles. The third-order valence-corrected chi connectivity index (χ3v) is 4.30. The molecule has 1 aliphatic rings. The maximum atomic E-state index is 12.2. The molecule has 0 unspecified atom stereocenters. The van der Waals surface area contributed by atoms with Gasteiger partial charge in [-0.2, -0.15) is 0 Å². The Bertz CT molecular complexity index is 497. The van der Waals surface area contributed by atoms with Crippen LogP contribution in [0.1, 0.15) is 43.9 Å². The molecule has 1 fully saturated rings. The Hall–Kier alpha value is -1.43. The number of amides is 2. The number of anilines is 1. The Morgan fingerprint density at radius 1 is 1.48 bits per heavy atom. The van der Waals surface area contributed by atoms with Crippen LogP contribution in [0.3, 0.4) is 0 Å². The molecule has 0 aliphatic heterocycles. The Labute approximate surface area is 129 Å². The molecule has 1 N–H and O–H groups in total. The Morgan fingerprint density at radius 2 is 2.24 bits per heavy atom. The van der Waals surface area contributed by atoms with Gasteiger partial charge in [0.1, 0.15) is 0 Å². The summed E-state index contributed by atoms with van der Waals surface area (Å²) in [7, 11) is 0. The van der Waals surface area contributed by atoms with E-state index in [4.69, 9.17) is 0 Å². The van der Waals surface area contributed by atoms with Crippen molar-refractivity contribution in [2.75, 3.05) is 18.4 Å². The van der Waals surface area contributed by atoms with Gasteiger partial charge in [0.15, 0.2) is 5.13 Å². The highest BCUT2D eigenvalue weighted by Crippen LogP contribution is 2.30. The summed E-state index contributed by atoms with van der Waals surface area (Å²) in [6, 6.07) is 0. The SMILES string of the molecule is CCCCC(=O)N(CC(=O)Nc1ncc(C)s1)CC1CC1. The number of hydrogen-bond donors (Lipinski definition) is 1. The van der Waals surface area contributed by atoms with E-state index in [0.29, 0.717) is 24.0 Å². The van der Waals surface area contributed by atoms with Gasteiger partial charge < -0.3 is 10.2 Å². The van der Waals surface area contributed by atoms with E-state index in [1.807, 2.05) is 6.92 Å². The zero-order valence-electron chi connectivity index (χ0n) is 12.7. The van der Waals surface area contributed by atoms with Crippen molar-refractivity contribution in [3.8, 4) is 0 Å². The normalized spacial score (nSPS) is 14.0. The van der Waals surface area contributed by atoms with Gasteiger partial charge in [-0.25, -0.2) is 4.98 Å². The first-order valence-corrected chi connectivity index (χ1v) is 8.40. The topological polar surface area (TPSA) is 62.3 Å². The molecule has 21 heavy (non-hydrogen) atoms. The van der Waals surface area contributed by atoms with Crippen molar-refractivity contribution < 1.29 is 9.59 Å². The molecule has 116 valence electrons. The number of aromatic nitrogens is 1. The van der Waals surface area contributed by atoms with Crippen molar-refractivity contribution in [3.63, 3.8) is 0 Å². The molecular formula is C15H23N3O2S. The fourth-order valence-corrected chi connectivity index (χ4v) is 2.78. The van der Waals surface area contributed by atoms with Crippen LogP contribution in [0.2, 0.25) is 0 Å². The molecule has 0 aromatic carbocycles. The number of carbonyl (C=O) groups is 2. The van der Waals surface area contributed by atoms with E-state index in [2.05, 4.69) is 17.2 Å². The summed E-state index contributed by atoms with van der Waals surface area (Å²) < 4.78 is 0. The second kappa shape index (κ2) is 7.54. The summed E-state index contributed by atoms with van der Waals surface area (Å²) in [5.41, 5.74) is 0. The number of thiazole rings is 1. The molecule has 5 nitrogen and oxygen atoms in total. The number of carbonyl (C=O) groups excluding carboxylic acids is 2. The maximum Gasteiger partial charge on any atom is 0.245 e. The summed E-state index contributed by atoms with van der Waals surface area (Å²) in [5, 5.41) is 3.37. The largest absolute Gasteiger partial charge is 0.333 e. The van der Waals surface area contributed by atoms with Crippen molar-refractivity contribution in [2.24, 2.45) is 5.92 Å². The molecule has 0 atom stereocenters. The van der Waals surface area contributed by atoms with Gasteiger partial charge in [0, 0.05) is 24.0 Å². The number of nitrogens with one attached hydrogen (secondary N) is 1. The quantitative estimate of drug-likeness (QED) is 0.803. The summed E-state index contributed by atoms with van der Waals surface area (Å²) in [6.45, 7) is 4.86. The van der Waals surface area contributed by atoms with Gasteiger partial charge in [-0.15, -0.1) is 11.3 Å². The van der Waals surface area contributed by atoms with Crippen LogP contribution < -0.4 is 5.32 Å². The van der Waals surface area contributed by atoms with Crippen molar-refractivity contribution in [1.29, 1.82) is 0 Å². The van der Waals surface area contributed by atoms with E-state index in [1.165, 1.54) is 24.2 Å². The monoisotopic (exact) mass is 309 g/mol. The van der Waals surface area contributed by atoms with E-state index >= 15 is 0 Å². The lowest BCUT2D eigenvalue weighted by molar-refractivity contribution is -0.135. The first-order valence-electron chi connectivity index (χ1n) is 7.58. The van der Waals surface area contributed by atoms with Gasteiger partial charge in [-0.05, 0) is 32.1 Å². The molecule has 1 aromatic heterocycles. The summed E-state index contributed by atoms with van der Waals surface area (Å²) in [4.78, 5) is 31.1. The van der Waals surface area contributed by atoms with Crippen LogP contribution in [0.25, 0.3) is 0 Å². The molecule has 1 aromatic rings. The van der Waals surface area contributed by atoms with Gasteiger partial charge in [0.25, 0.3) is 0 Å². The lowest BCUT2D eigenvalue weighted by Crippen LogP contribution is -2.39. The predicted octanol–water partition coefficient (Wildman–Crippen LogP) is 2.82. The maximum absolute atomic E-state index is 12.2. The molecule has 2 amide bonds. The molecule has 1 heterocycles. The Kier molecular flexibility index (Phi) is 5.73. The van der Waals surface area contributed by atoms with Gasteiger partial charge in [-0.3, -0.25) is 9.59 Å². The number of aryl methyl sites for hydroxylation is 1. The molecule has 0 radical (unpaired) electrons. The highest BCUT2D eigenvalue weighted by molar-refractivity contribution is 7.15. The van der Waals surface area contributed by atoms with Gasteiger partial charge in [0.2, 0.25) is 11.8 Å². The van der Waals surface area contributed by atoms with Crippen LogP contribution in [0.5, 0.6) is 0 Å². The van der Waals surface area contributed by atoms with Gasteiger partial charge >= 0.3 is 0 Å². The summed E-state index contributed by atoms with van der Waals surface area (Å²) in [6.07, 6.45) is 6.48. The first-order chi connectivity index (χ1) is 10.1. The average molecular weight is 309 g/mol. The van der Waals surface area contributed by atoms with Crippen LogP contribution in [0.4, 0.5) is 5.13 Å². The van der Waals surface area contributed by atoms with Crippen LogP contribution in [0.15, 0.2) is 6.20 Å². The number of rotatable bonds is 8. The van der Waals surface area contributed by atoms with Gasteiger partial charge in [-0.1, -0.05) is 13.3 Å². The predicted molar refractivity (Wildman–Crippen MR) is 84.3 cm³/mol. The second-order valence-electron chi connectivity index (χ2n) is 5.65. The zero-order valence-corrected chi connectivity index (χ0v) is 13.5. The minimum absolute atomic E-state index is 0.0919. The lowest BCUT2D eigenvalue weighted by Gasteiger charge is -2.21. The van der Waals surface area contributed by atoms with Crippen molar-refractivity contribution in [2.45, 2.75) is 46.0 Å². The highest BCUT2D eigenvalue weighted by atomic mass is 32.1. The average Bonchev–Trinajstić information content (AvgIpc) is 3.17. The van der Waals surface area contributed by atoms with E-state index in [-0.39, 0.29) is 18.4 Å². The Morgan fingerprint density at radius 3 is 2.81 bits per heavy atom. The molecule has 0 saturated heterocycles. The molecule has 0 spiro atoms. The third kappa shape index (κ3) is 5.46. The van der Waals surface area contributed by atoms with E-state index < -0.39 is 0 Å².